The first-order valence-corrected chi connectivity index (χ1v) is 13.3. The average Bonchev–Trinajstić information content (AvgIpc) is 2.80. The largest absolute Gasteiger partial charge is 0.495 e. The third-order valence-electron chi connectivity index (χ3n) is 5.40. The van der Waals surface area contributed by atoms with E-state index in [1.807, 2.05) is 6.92 Å². The maximum absolute atomic E-state index is 14.4. The second-order valence-electron chi connectivity index (χ2n) is 8.02. The molecule has 11 heteroatoms. The number of unbranched alkanes of at least 4 members (excludes halogenated alkanes) is 1. The molecule has 0 saturated carbocycles. The Morgan fingerprint density at radius 1 is 1.20 bits per heavy atom. The lowest BCUT2D eigenvalue weighted by molar-refractivity contribution is -0.139. The number of hydrogen-bond acceptors (Lipinski definition) is 5. The highest BCUT2D eigenvalue weighted by Crippen LogP contribution is 2.30. The van der Waals surface area contributed by atoms with Crippen molar-refractivity contribution in [3.8, 4) is 5.75 Å². The molecule has 0 spiro atoms. The number of nitrogens with one attached hydrogen (secondary N) is 1. The molecule has 0 bridgehead atoms. The molecule has 8 nitrogen and oxygen atoms in total. The summed E-state index contributed by atoms with van der Waals surface area (Å²) in [7, 11) is -2.49. The molecule has 0 aromatic heterocycles. The van der Waals surface area contributed by atoms with Crippen molar-refractivity contribution in [2.24, 2.45) is 0 Å². The van der Waals surface area contributed by atoms with E-state index in [1.165, 1.54) is 55.3 Å². The zero-order valence-corrected chi connectivity index (χ0v) is 21.8. The SMILES string of the molecule is CCCCNC(=O)C(C)N(Cc1ccccc1F)C(=O)CN(c1ccc(OC)c(Cl)c1)S(C)(=O)=O. The minimum atomic E-state index is -3.92. The first-order chi connectivity index (χ1) is 16.5. The Balaban J connectivity index is 2.39. The lowest BCUT2D eigenvalue weighted by atomic mass is 10.1. The topological polar surface area (TPSA) is 96.0 Å². The monoisotopic (exact) mass is 527 g/mol. The van der Waals surface area contributed by atoms with Crippen LogP contribution >= 0.6 is 11.6 Å². The molecular weight excluding hydrogens is 497 g/mol. The fourth-order valence-electron chi connectivity index (χ4n) is 3.35. The van der Waals surface area contributed by atoms with Crippen molar-refractivity contribution in [3.05, 3.63) is 58.9 Å². The van der Waals surface area contributed by atoms with Crippen molar-refractivity contribution in [2.75, 3.05) is 30.8 Å². The van der Waals surface area contributed by atoms with Crippen LogP contribution in [0.2, 0.25) is 5.02 Å². The Labute approximate surface area is 211 Å². The molecule has 1 unspecified atom stereocenters. The van der Waals surface area contributed by atoms with E-state index in [4.69, 9.17) is 16.3 Å². The average molecular weight is 528 g/mol. The summed E-state index contributed by atoms with van der Waals surface area (Å²) in [4.78, 5) is 27.3. The highest BCUT2D eigenvalue weighted by molar-refractivity contribution is 7.92. The van der Waals surface area contributed by atoms with Gasteiger partial charge in [-0.2, -0.15) is 0 Å². The minimum Gasteiger partial charge on any atom is -0.495 e. The Morgan fingerprint density at radius 3 is 2.46 bits per heavy atom. The quantitative estimate of drug-likeness (QED) is 0.426. The van der Waals surface area contributed by atoms with Crippen LogP contribution in [0.5, 0.6) is 5.75 Å². The third-order valence-corrected chi connectivity index (χ3v) is 6.83. The molecule has 0 fully saturated rings. The van der Waals surface area contributed by atoms with E-state index in [2.05, 4.69) is 5.32 Å². The highest BCUT2D eigenvalue weighted by atomic mass is 35.5. The number of amides is 2. The molecular formula is C24H31ClFN3O5S. The van der Waals surface area contributed by atoms with Gasteiger partial charge in [0.25, 0.3) is 0 Å². The van der Waals surface area contributed by atoms with E-state index in [9.17, 15) is 22.4 Å². The summed E-state index contributed by atoms with van der Waals surface area (Å²) < 4.78 is 45.6. The second kappa shape index (κ2) is 12.7. The molecule has 0 aliphatic carbocycles. The number of anilines is 1. The lowest BCUT2D eigenvalue weighted by Gasteiger charge is -2.31. The fraction of sp³-hybridized carbons (Fsp3) is 0.417. The fourth-order valence-corrected chi connectivity index (χ4v) is 4.45. The molecule has 0 heterocycles. The number of nitrogens with zero attached hydrogens (tertiary/aromatic N) is 2. The van der Waals surface area contributed by atoms with Crippen LogP contribution in [0, 0.1) is 5.82 Å². The summed E-state index contributed by atoms with van der Waals surface area (Å²) in [5.41, 5.74) is 0.352. The Bertz CT molecular complexity index is 1150. The van der Waals surface area contributed by atoms with Gasteiger partial charge in [-0.05, 0) is 37.6 Å². The van der Waals surface area contributed by atoms with Crippen LogP contribution in [0.4, 0.5) is 10.1 Å². The Morgan fingerprint density at radius 2 is 1.89 bits per heavy atom. The van der Waals surface area contributed by atoms with E-state index in [0.29, 0.717) is 12.3 Å². The van der Waals surface area contributed by atoms with Crippen LogP contribution in [-0.2, 0) is 26.2 Å². The predicted octanol–water partition coefficient (Wildman–Crippen LogP) is 3.59. The van der Waals surface area contributed by atoms with Crippen molar-refractivity contribution in [2.45, 2.75) is 39.3 Å². The number of carbonyl (C=O) groups is 2. The van der Waals surface area contributed by atoms with Gasteiger partial charge >= 0.3 is 0 Å². The number of hydrogen-bond donors (Lipinski definition) is 1. The summed E-state index contributed by atoms with van der Waals surface area (Å²) in [6.45, 7) is 3.11. The maximum Gasteiger partial charge on any atom is 0.244 e. The Hall–Kier alpha value is -2.85. The zero-order chi connectivity index (χ0) is 26.2. The van der Waals surface area contributed by atoms with Crippen LogP contribution in [0.1, 0.15) is 32.3 Å². The van der Waals surface area contributed by atoms with Gasteiger partial charge in [0.1, 0.15) is 24.2 Å². The minimum absolute atomic E-state index is 0.151. The van der Waals surface area contributed by atoms with Crippen molar-refractivity contribution >= 4 is 39.1 Å². The van der Waals surface area contributed by atoms with E-state index in [0.717, 1.165) is 23.4 Å². The van der Waals surface area contributed by atoms with Crippen LogP contribution in [0.3, 0.4) is 0 Å². The van der Waals surface area contributed by atoms with Gasteiger partial charge in [-0.3, -0.25) is 13.9 Å². The van der Waals surface area contributed by atoms with Crippen LogP contribution in [0.15, 0.2) is 42.5 Å². The van der Waals surface area contributed by atoms with Gasteiger partial charge in [0.2, 0.25) is 21.8 Å². The first kappa shape index (κ1) is 28.4. The van der Waals surface area contributed by atoms with Crippen molar-refractivity contribution in [1.29, 1.82) is 0 Å². The number of benzene rings is 2. The molecule has 0 radical (unpaired) electrons. The molecule has 35 heavy (non-hydrogen) atoms. The molecule has 0 aliphatic heterocycles. The number of rotatable bonds is 12. The number of ether oxygens (including phenoxy) is 1. The van der Waals surface area contributed by atoms with Crippen LogP contribution in [-0.4, -0.2) is 57.6 Å². The summed E-state index contributed by atoms with van der Waals surface area (Å²) >= 11 is 6.16. The summed E-state index contributed by atoms with van der Waals surface area (Å²) in [6.07, 6.45) is 2.60. The number of carbonyl (C=O) groups excluding carboxylic acids is 2. The summed E-state index contributed by atoms with van der Waals surface area (Å²) in [6, 6.07) is 9.25. The van der Waals surface area contributed by atoms with Crippen LogP contribution in [0.25, 0.3) is 0 Å². The predicted molar refractivity (Wildman–Crippen MR) is 135 cm³/mol. The normalized spacial score (nSPS) is 12.1. The standard InChI is InChI=1S/C24H31ClFN3O5S/c1-5-6-13-27-24(31)17(2)28(15-18-9-7-8-10-21(18)26)23(30)16-29(35(4,32)33)19-11-12-22(34-3)20(25)14-19/h7-12,14,17H,5-6,13,15-16H2,1-4H3,(H,27,31). The van der Waals surface area contributed by atoms with Crippen molar-refractivity contribution < 1.29 is 27.1 Å². The van der Waals surface area contributed by atoms with E-state index in [-0.39, 0.29) is 22.8 Å². The number of halogens is 2. The number of methoxy groups -OCH3 is 1. The Kier molecular flexibility index (Phi) is 10.3. The molecule has 192 valence electrons. The maximum atomic E-state index is 14.4. The molecule has 0 aliphatic rings. The zero-order valence-electron chi connectivity index (χ0n) is 20.3. The summed E-state index contributed by atoms with van der Waals surface area (Å²) in [5, 5.41) is 2.93. The first-order valence-electron chi connectivity index (χ1n) is 11.1. The van der Waals surface area contributed by atoms with Crippen molar-refractivity contribution in [1.82, 2.24) is 10.2 Å². The molecule has 2 aromatic rings. The van der Waals surface area contributed by atoms with Gasteiger partial charge in [-0.1, -0.05) is 43.1 Å². The summed E-state index contributed by atoms with van der Waals surface area (Å²) in [5.74, 6) is -1.29. The van der Waals surface area contributed by atoms with Gasteiger partial charge in [0.05, 0.1) is 24.1 Å². The van der Waals surface area contributed by atoms with Gasteiger partial charge in [0, 0.05) is 18.7 Å². The van der Waals surface area contributed by atoms with Gasteiger partial charge in [-0.25, -0.2) is 12.8 Å². The molecule has 1 N–H and O–H groups in total. The molecule has 2 aromatic carbocycles. The van der Waals surface area contributed by atoms with E-state index in [1.54, 1.807) is 6.07 Å². The van der Waals surface area contributed by atoms with Crippen LogP contribution < -0.4 is 14.4 Å². The smallest absolute Gasteiger partial charge is 0.244 e. The molecule has 1 atom stereocenters. The lowest BCUT2D eigenvalue weighted by Crippen LogP contribution is -2.51. The van der Waals surface area contributed by atoms with E-state index < -0.39 is 40.2 Å². The molecule has 2 amide bonds. The molecule has 0 saturated heterocycles. The second-order valence-corrected chi connectivity index (χ2v) is 10.3. The van der Waals surface area contributed by atoms with Gasteiger partial charge in [-0.15, -0.1) is 0 Å². The highest BCUT2D eigenvalue weighted by Gasteiger charge is 2.30. The van der Waals surface area contributed by atoms with Gasteiger partial charge in [0.15, 0.2) is 0 Å². The van der Waals surface area contributed by atoms with Gasteiger partial charge < -0.3 is 15.0 Å². The third kappa shape index (κ3) is 7.83. The number of sulfonamides is 1. The van der Waals surface area contributed by atoms with E-state index >= 15 is 0 Å². The molecule has 2 rings (SSSR count). The van der Waals surface area contributed by atoms with Crippen molar-refractivity contribution in [3.63, 3.8) is 0 Å².